The maximum Gasteiger partial charge on any atom is 0.282 e. The molecular formula is C13H14N4O2S. The highest BCUT2D eigenvalue weighted by molar-refractivity contribution is 7.80. The molecule has 0 aliphatic heterocycles. The standard InChI is InChI=1S/C13H14N4O2S/c1-7(2)17-11(18)9-6-4-3-5-8(9)10(12(17)19)15-16-13(14)20/h3-7,18H,1-2H3,(H2,14,20). The smallest absolute Gasteiger partial charge is 0.282 e. The van der Waals surface area contributed by atoms with Crippen molar-refractivity contribution >= 4 is 33.8 Å². The van der Waals surface area contributed by atoms with Crippen LogP contribution < -0.4 is 11.3 Å². The van der Waals surface area contributed by atoms with Crippen LogP contribution in [0, 0.1) is 0 Å². The lowest BCUT2D eigenvalue weighted by Crippen LogP contribution is -2.21. The molecule has 7 heteroatoms. The Bertz CT molecular complexity index is 765. The van der Waals surface area contributed by atoms with Crippen LogP contribution in [0.15, 0.2) is 39.3 Å². The van der Waals surface area contributed by atoms with E-state index in [4.69, 9.17) is 5.73 Å². The average molecular weight is 290 g/mol. The summed E-state index contributed by atoms with van der Waals surface area (Å²) in [6.45, 7) is 3.59. The van der Waals surface area contributed by atoms with Gasteiger partial charge in [0.25, 0.3) is 5.56 Å². The van der Waals surface area contributed by atoms with Crippen LogP contribution in [0.4, 0.5) is 5.69 Å². The van der Waals surface area contributed by atoms with E-state index in [0.29, 0.717) is 10.8 Å². The molecule has 6 nitrogen and oxygen atoms in total. The lowest BCUT2D eigenvalue weighted by molar-refractivity contribution is 0.395. The first-order chi connectivity index (χ1) is 9.43. The van der Waals surface area contributed by atoms with Crippen molar-refractivity contribution in [2.24, 2.45) is 16.0 Å². The molecule has 0 aliphatic carbocycles. The number of hydrogen-bond acceptors (Lipinski definition) is 4. The highest BCUT2D eigenvalue weighted by Gasteiger charge is 2.17. The van der Waals surface area contributed by atoms with Gasteiger partial charge in [-0.1, -0.05) is 18.2 Å². The monoisotopic (exact) mass is 290 g/mol. The molecule has 0 fully saturated rings. The molecule has 2 aromatic rings. The predicted molar refractivity (Wildman–Crippen MR) is 81.6 cm³/mol. The zero-order valence-corrected chi connectivity index (χ0v) is 11.9. The fourth-order valence-corrected chi connectivity index (χ4v) is 2.06. The summed E-state index contributed by atoms with van der Waals surface area (Å²) in [5, 5.41) is 18.5. The maximum atomic E-state index is 12.4. The Morgan fingerprint density at radius 2 is 1.95 bits per heavy atom. The highest BCUT2D eigenvalue weighted by atomic mass is 32.1. The molecule has 104 valence electrons. The molecule has 0 unspecified atom stereocenters. The molecule has 0 saturated heterocycles. The third kappa shape index (κ3) is 2.39. The highest BCUT2D eigenvalue weighted by Crippen LogP contribution is 2.31. The van der Waals surface area contributed by atoms with Crippen LogP contribution >= 0.6 is 12.2 Å². The van der Waals surface area contributed by atoms with E-state index in [9.17, 15) is 9.90 Å². The normalized spacial score (nSPS) is 11.6. The van der Waals surface area contributed by atoms with Gasteiger partial charge in [0, 0.05) is 16.8 Å². The molecule has 0 saturated carbocycles. The lowest BCUT2D eigenvalue weighted by Gasteiger charge is -2.15. The van der Waals surface area contributed by atoms with Crippen LogP contribution in [0.25, 0.3) is 10.8 Å². The van der Waals surface area contributed by atoms with Crippen LogP contribution in [0.3, 0.4) is 0 Å². The Morgan fingerprint density at radius 1 is 1.35 bits per heavy atom. The summed E-state index contributed by atoms with van der Waals surface area (Å²) in [5.74, 6) is -0.0881. The molecular weight excluding hydrogens is 276 g/mol. The van der Waals surface area contributed by atoms with Gasteiger partial charge in [-0.05, 0) is 32.1 Å². The van der Waals surface area contributed by atoms with Gasteiger partial charge in [-0.15, -0.1) is 10.2 Å². The summed E-state index contributed by atoms with van der Waals surface area (Å²) in [4.78, 5) is 12.4. The molecule has 0 radical (unpaired) electrons. The summed E-state index contributed by atoms with van der Waals surface area (Å²) < 4.78 is 1.26. The summed E-state index contributed by atoms with van der Waals surface area (Å²) in [6.07, 6.45) is 0. The minimum Gasteiger partial charge on any atom is -0.494 e. The Labute approximate surface area is 120 Å². The summed E-state index contributed by atoms with van der Waals surface area (Å²) in [7, 11) is 0. The third-order valence-electron chi connectivity index (χ3n) is 2.84. The average Bonchev–Trinajstić information content (AvgIpc) is 2.38. The fourth-order valence-electron chi connectivity index (χ4n) is 2.01. The first kappa shape index (κ1) is 14.1. The number of nitrogens with two attached hydrogens (primary N) is 1. The van der Waals surface area contributed by atoms with Crippen LogP contribution in [0.1, 0.15) is 19.9 Å². The second kappa shape index (κ2) is 5.38. The van der Waals surface area contributed by atoms with Crippen LogP contribution in [-0.4, -0.2) is 14.8 Å². The van der Waals surface area contributed by atoms with E-state index in [1.165, 1.54) is 4.57 Å². The van der Waals surface area contributed by atoms with Gasteiger partial charge in [-0.3, -0.25) is 9.36 Å². The van der Waals surface area contributed by atoms with Gasteiger partial charge in [0.1, 0.15) is 0 Å². The number of thiocarbonyl (C=S) groups is 1. The molecule has 1 aromatic heterocycles. The van der Waals surface area contributed by atoms with Crippen molar-refractivity contribution in [3.05, 3.63) is 34.6 Å². The Morgan fingerprint density at radius 3 is 2.50 bits per heavy atom. The van der Waals surface area contributed by atoms with Crippen LogP contribution in [0.5, 0.6) is 5.88 Å². The van der Waals surface area contributed by atoms with Gasteiger partial charge >= 0.3 is 0 Å². The second-order valence-corrected chi connectivity index (χ2v) is 4.94. The van der Waals surface area contributed by atoms with Gasteiger partial charge in [0.05, 0.1) is 0 Å². The molecule has 1 aromatic carbocycles. The van der Waals surface area contributed by atoms with E-state index >= 15 is 0 Å². The topological polar surface area (TPSA) is 93.0 Å². The van der Waals surface area contributed by atoms with E-state index in [0.717, 1.165) is 0 Å². The molecule has 20 heavy (non-hydrogen) atoms. The van der Waals surface area contributed by atoms with Crippen molar-refractivity contribution < 1.29 is 5.11 Å². The number of azo groups is 1. The molecule has 0 spiro atoms. The molecule has 3 N–H and O–H groups in total. The van der Waals surface area contributed by atoms with E-state index in [-0.39, 0.29) is 22.7 Å². The van der Waals surface area contributed by atoms with Gasteiger partial charge in [-0.25, -0.2) is 0 Å². The van der Waals surface area contributed by atoms with Crippen LogP contribution in [-0.2, 0) is 0 Å². The molecule has 0 atom stereocenters. The number of nitrogens with zero attached hydrogens (tertiary/aromatic N) is 3. The number of pyridine rings is 1. The van der Waals surface area contributed by atoms with Crippen LogP contribution in [0.2, 0.25) is 0 Å². The first-order valence-electron chi connectivity index (χ1n) is 6.01. The van der Waals surface area contributed by atoms with E-state index in [2.05, 4.69) is 22.4 Å². The first-order valence-corrected chi connectivity index (χ1v) is 6.41. The van der Waals surface area contributed by atoms with Gasteiger partial charge in [0.2, 0.25) is 11.0 Å². The quantitative estimate of drug-likeness (QED) is 0.656. The van der Waals surface area contributed by atoms with Crippen molar-refractivity contribution in [1.29, 1.82) is 0 Å². The minimum absolute atomic E-state index is 0.0881. The number of hydrogen-bond donors (Lipinski definition) is 2. The van der Waals surface area contributed by atoms with Crippen molar-refractivity contribution in [3.63, 3.8) is 0 Å². The van der Waals surface area contributed by atoms with E-state index in [1.807, 2.05) is 0 Å². The molecule has 0 bridgehead atoms. The SMILES string of the molecule is CC(C)n1c(O)c2ccccc2c(N=NC(N)=S)c1=O. The molecule has 0 amide bonds. The Kier molecular flexibility index (Phi) is 3.80. The number of fused-ring (bicyclic) bond motifs is 1. The Balaban J connectivity index is 2.91. The number of aromatic hydroxyl groups is 1. The van der Waals surface area contributed by atoms with Gasteiger partial charge in [0.15, 0.2) is 5.69 Å². The maximum absolute atomic E-state index is 12.4. The summed E-state index contributed by atoms with van der Waals surface area (Å²) in [6, 6.07) is 6.70. The summed E-state index contributed by atoms with van der Waals surface area (Å²) in [5.41, 5.74) is 4.95. The molecule has 2 rings (SSSR count). The molecule has 1 heterocycles. The number of rotatable bonds is 2. The van der Waals surface area contributed by atoms with Crippen molar-refractivity contribution in [3.8, 4) is 5.88 Å². The summed E-state index contributed by atoms with van der Waals surface area (Å²) >= 11 is 4.63. The molecule has 0 aliphatic rings. The number of benzene rings is 1. The fraction of sp³-hybridized carbons (Fsp3) is 0.231. The Hall–Kier alpha value is -2.28. The lowest BCUT2D eigenvalue weighted by atomic mass is 10.1. The van der Waals surface area contributed by atoms with Crippen molar-refractivity contribution in [1.82, 2.24) is 4.57 Å². The predicted octanol–water partition coefficient (Wildman–Crippen LogP) is 2.62. The third-order valence-corrected chi connectivity index (χ3v) is 2.92. The minimum atomic E-state index is -0.434. The number of aromatic nitrogens is 1. The van der Waals surface area contributed by atoms with Crippen molar-refractivity contribution in [2.45, 2.75) is 19.9 Å². The second-order valence-electron chi connectivity index (χ2n) is 4.52. The largest absolute Gasteiger partial charge is 0.494 e. The van der Waals surface area contributed by atoms with E-state index in [1.54, 1.807) is 38.1 Å². The zero-order chi connectivity index (χ0) is 14.9. The van der Waals surface area contributed by atoms with E-state index < -0.39 is 5.56 Å². The van der Waals surface area contributed by atoms with Crippen molar-refractivity contribution in [2.75, 3.05) is 0 Å². The van der Waals surface area contributed by atoms with Gasteiger partial charge < -0.3 is 10.8 Å². The zero-order valence-electron chi connectivity index (χ0n) is 11.1. The van der Waals surface area contributed by atoms with Gasteiger partial charge in [-0.2, -0.15) is 0 Å².